The van der Waals surface area contributed by atoms with Crippen LogP contribution in [-0.4, -0.2) is 58.1 Å². The van der Waals surface area contributed by atoms with Crippen molar-refractivity contribution < 1.29 is 19.5 Å². The number of rotatable bonds is 4. The number of phenols is 2. The van der Waals surface area contributed by atoms with E-state index in [1.165, 1.54) is 17.0 Å². The Morgan fingerprint density at radius 3 is 2.80 bits per heavy atom. The van der Waals surface area contributed by atoms with E-state index in [1.807, 2.05) is 6.20 Å². The zero-order valence-electron chi connectivity index (χ0n) is 16.2. The fraction of sp³-hybridized carbons (Fsp3) is 0.400. The minimum atomic E-state index is -0.172. The van der Waals surface area contributed by atoms with Crippen molar-refractivity contribution >= 4 is 28.1 Å². The Bertz CT molecular complexity index is 1060. The number of benzene rings is 1. The molecule has 158 valence electrons. The van der Waals surface area contributed by atoms with Crippen LogP contribution in [0.2, 0.25) is 5.02 Å². The molecule has 5 rings (SSSR count). The van der Waals surface area contributed by atoms with Crippen LogP contribution in [-0.2, 0) is 24.2 Å². The number of hydrogen-bond acceptors (Lipinski definition) is 9. The Morgan fingerprint density at radius 2 is 1.97 bits per heavy atom. The summed E-state index contributed by atoms with van der Waals surface area (Å²) < 4.78 is 11.0. The quantitative estimate of drug-likeness (QED) is 0.628. The fourth-order valence-electron chi connectivity index (χ4n) is 3.84. The van der Waals surface area contributed by atoms with Gasteiger partial charge in [-0.2, -0.15) is 0 Å². The van der Waals surface area contributed by atoms with Crippen molar-refractivity contribution in [2.45, 2.75) is 19.5 Å². The van der Waals surface area contributed by atoms with Crippen LogP contribution in [0.3, 0.4) is 0 Å². The molecule has 1 aromatic carbocycles. The Balaban J connectivity index is 1.34. The zero-order chi connectivity index (χ0) is 20.7. The highest BCUT2D eigenvalue weighted by atomic mass is 35.5. The summed E-state index contributed by atoms with van der Waals surface area (Å²) in [5, 5.41) is 25.4. The number of hydrogen-bond donors (Lipinski definition) is 2. The lowest BCUT2D eigenvalue weighted by Gasteiger charge is -2.26. The molecule has 1 fully saturated rings. The van der Waals surface area contributed by atoms with Gasteiger partial charge in [0, 0.05) is 61.8 Å². The number of halogens is 1. The van der Waals surface area contributed by atoms with E-state index in [9.17, 15) is 10.2 Å². The number of ether oxygens (including phenoxy) is 1. The van der Waals surface area contributed by atoms with E-state index in [2.05, 4.69) is 19.9 Å². The molecule has 0 amide bonds. The van der Waals surface area contributed by atoms with E-state index in [4.69, 9.17) is 20.9 Å². The van der Waals surface area contributed by atoms with Gasteiger partial charge in [0.15, 0.2) is 10.9 Å². The Hall–Kier alpha value is -2.33. The Kier molecular flexibility index (Phi) is 5.28. The monoisotopic (exact) mass is 448 g/mol. The van der Waals surface area contributed by atoms with Crippen molar-refractivity contribution in [2.75, 3.05) is 37.7 Å². The third-order valence-electron chi connectivity index (χ3n) is 5.43. The summed E-state index contributed by atoms with van der Waals surface area (Å²) in [4.78, 5) is 10.4. The molecule has 30 heavy (non-hydrogen) atoms. The van der Waals surface area contributed by atoms with Crippen LogP contribution >= 0.6 is 22.9 Å². The van der Waals surface area contributed by atoms with Crippen LogP contribution in [0.1, 0.15) is 16.1 Å². The van der Waals surface area contributed by atoms with Crippen LogP contribution in [0.15, 0.2) is 22.9 Å². The average molecular weight is 449 g/mol. The van der Waals surface area contributed by atoms with Crippen LogP contribution in [0.25, 0.3) is 11.3 Å². The van der Waals surface area contributed by atoms with Gasteiger partial charge in [-0.05, 0) is 6.07 Å². The van der Waals surface area contributed by atoms with Crippen molar-refractivity contribution in [3.63, 3.8) is 0 Å². The molecule has 2 N–H and O–H groups in total. The predicted octanol–water partition coefficient (Wildman–Crippen LogP) is 3.26. The second-order valence-corrected chi connectivity index (χ2v) is 8.93. The molecule has 0 radical (unpaired) electrons. The SMILES string of the molecule is Oc1cc(O)c(-c2onc3c2CN(Cc2cnc(N4CCOCC4)s2)CC3)cc1Cl. The standard InChI is InChI=1S/C20H21ClN4O4S/c21-15-7-13(17(26)8-18(15)27)19-14-11-24(2-1-16(14)23-29-19)10-12-9-22-20(30-12)25-3-5-28-6-4-25/h7-9,26-27H,1-6,10-11H2. The first-order valence-corrected chi connectivity index (χ1v) is 11.0. The number of phenolic OH excluding ortho intramolecular Hbond substituents is 2. The lowest BCUT2D eigenvalue weighted by atomic mass is 10.0. The average Bonchev–Trinajstić information content (AvgIpc) is 3.38. The fourth-order valence-corrected chi connectivity index (χ4v) is 5.01. The molecule has 3 aromatic rings. The summed E-state index contributed by atoms with van der Waals surface area (Å²) in [5.41, 5.74) is 2.26. The molecule has 8 nitrogen and oxygen atoms in total. The molecule has 0 atom stereocenters. The topological polar surface area (TPSA) is 95.1 Å². The molecular weight excluding hydrogens is 428 g/mol. The van der Waals surface area contributed by atoms with Crippen molar-refractivity contribution in [1.82, 2.24) is 15.0 Å². The first-order chi connectivity index (χ1) is 14.6. The Labute approximate surface area is 182 Å². The second kappa shape index (κ2) is 8.07. The van der Waals surface area contributed by atoms with Gasteiger partial charge in [0.05, 0.1) is 29.5 Å². The summed E-state index contributed by atoms with van der Waals surface area (Å²) in [7, 11) is 0. The van der Waals surface area contributed by atoms with Gasteiger partial charge < -0.3 is 24.4 Å². The number of fused-ring (bicyclic) bond motifs is 1. The summed E-state index contributed by atoms with van der Waals surface area (Å²) in [6.45, 7) is 5.55. The maximum absolute atomic E-state index is 10.3. The van der Waals surface area contributed by atoms with E-state index >= 15 is 0 Å². The molecule has 0 aliphatic carbocycles. The molecular formula is C20H21ClN4O4S. The Morgan fingerprint density at radius 1 is 1.13 bits per heavy atom. The molecule has 1 saturated heterocycles. The number of aromatic nitrogens is 2. The maximum atomic E-state index is 10.3. The smallest absolute Gasteiger partial charge is 0.185 e. The van der Waals surface area contributed by atoms with Gasteiger partial charge in [0.25, 0.3) is 0 Å². The normalized spacial score (nSPS) is 17.3. The van der Waals surface area contributed by atoms with E-state index in [1.54, 1.807) is 11.3 Å². The van der Waals surface area contributed by atoms with Gasteiger partial charge in [0.1, 0.15) is 11.5 Å². The number of anilines is 1. The van der Waals surface area contributed by atoms with Gasteiger partial charge in [-0.3, -0.25) is 4.90 Å². The van der Waals surface area contributed by atoms with Gasteiger partial charge in [-0.1, -0.05) is 16.8 Å². The zero-order valence-corrected chi connectivity index (χ0v) is 17.7. The number of morpholine rings is 1. The second-order valence-electron chi connectivity index (χ2n) is 7.43. The maximum Gasteiger partial charge on any atom is 0.185 e. The molecule has 10 heteroatoms. The van der Waals surface area contributed by atoms with Gasteiger partial charge >= 0.3 is 0 Å². The minimum absolute atomic E-state index is 0.0921. The van der Waals surface area contributed by atoms with Crippen molar-refractivity contribution in [1.29, 1.82) is 0 Å². The highest BCUT2D eigenvalue weighted by Gasteiger charge is 2.27. The molecule has 0 bridgehead atoms. The highest BCUT2D eigenvalue weighted by Crippen LogP contribution is 2.40. The number of aromatic hydroxyl groups is 2. The molecule has 2 aliphatic heterocycles. The number of nitrogens with zero attached hydrogens (tertiary/aromatic N) is 4. The molecule has 0 spiro atoms. The highest BCUT2D eigenvalue weighted by molar-refractivity contribution is 7.15. The number of thiazole rings is 1. The van der Waals surface area contributed by atoms with Crippen molar-refractivity contribution in [3.05, 3.63) is 39.5 Å². The molecule has 0 unspecified atom stereocenters. The van der Waals surface area contributed by atoms with Crippen molar-refractivity contribution in [3.8, 4) is 22.8 Å². The van der Waals surface area contributed by atoms with Gasteiger partial charge in [-0.15, -0.1) is 11.3 Å². The van der Waals surface area contributed by atoms with Crippen LogP contribution < -0.4 is 4.90 Å². The van der Waals surface area contributed by atoms with Crippen molar-refractivity contribution in [2.24, 2.45) is 0 Å². The summed E-state index contributed by atoms with van der Waals surface area (Å²) in [6, 6.07) is 2.72. The third-order valence-corrected chi connectivity index (χ3v) is 6.77. The summed E-state index contributed by atoms with van der Waals surface area (Å²) >= 11 is 7.75. The molecule has 4 heterocycles. The van der Waals surface area contributed by atoms with E-state index in [-0.39, 0.29) is 16.5 Å². The summed E-state index contributed by atoms with van der Waals surface area (Å²) in [6.07, 6.45) is 2.71. The van der Waals surface area contributed by atoms with Gasteiger partial charge in [0.2, 0.25) is 0 Å². The van der Waals surface area contributed by atoms with Crippen LogP contribution in [0.5, 0.6) is 11.5 Å². The van der Waals surface area contributed by atoms with E-state index in [0.717, 1.165) is 62.2 Å². The first-order valence-electron chi connectivity index (χ1n) is 9.77. The van der Waals surface area contributed by atoms with E-state index < -0.39 is 0 Å². The molecule has 0 saturated carbocycles. The lowest BCUT2D eigenvalue weighted by Crippen LogP contribution is -2.36. The third kappa shape index (κ3) is 3.74. The molecule has 2 aromatic heterocycles. The largest absolute Gasteiger partial charge is 0.507 e. The first kappa shape index (κ1) is 19.6. The van der Waals surface area contributed by atoms with Gasteiger partial charge in [-0.25, -0.2) is 4.98 Å². The lowest BCUT2D eigenvalue weighted by molar-refractivity contribution is 0.122. The van der Waals surface area contributed by atoms with Crippen LogP contribution in [0, 0.1) is 0 Å². The van der Waals surface area contributed by atoms with Crippen LogP contribution in [0.4, 0.5) is 5.13 Å². The predicted molar refractivity (Wildman–Crippen MR) is 113 cm³/mol. The molecule has 2 aliphatic rings. The summed E-state index contributed by atoms with van der Waals surface area (Å²) in [5.74, 6) is 0.229. The van der Waals surface area contributed by atoms with E-state index in [0.29, 0.717) is 17.9 Å². The minimum Gasteiger partial charge on any atom is -0.507 e.